The Balaban J connectivity index is 1.82. The van der Waals surface area contributed by atoms with Gasteiger partial charge in [0.15, 0.2) is 5.13 Å². The van der Waals surface area contributed by atoms with E-state index in [1.807, 2.05) is 12.6 Å². The van der Waals surface area contributed by atoms with Gasteiger partial charge in [0.2, 0.25) is 0 Å². The molecule has 0 bridgehead atoms. The Morgan fingerprint density at radius 3 is 3.00 bits per heavy atom. The van der Waals surface area contributed by atoms with E-state index in [-0.39, 0.29) is 11.5 Å². The molecule has 1 atom stereocenters. The molecule has 2 aromatic rings. The number of fused-ring (bicyclic) bond motifs is 1. The van der Waals surface area contributed by atoms with E-state index < -0.39 is 0 Å². The van der Waals surface area contributed by atoms with Crippen molar-refractivity contribution in [2.75, 3.05) is 11.9 Å². The van der Waals surface area contributed by atoms with Gasteiger partial charge in [-0.25, -0.2) is 9.97 Å². The van der Waals surface area contributed by atoms with Crippen LogP contribution in [0.5, 0.6) is 0 Å². The van der Waals surface area contributed by atoms with E-state index in [2.05, 4.69) is 29.1 Å². The van der Waals surface area contributed by atoms with E-state index in [0.717, 1.165) is 40.8 Å². The summed E-state index contributed by atoms with van der Waals surface area (Å²) in [5, 5.41) is 13.3. The molecule has 0 fully saturated rings. The van der Waals surface area contributed by atoms with Crippen molar-refractivity contribution in [2.45, 2.75) is 39.3 Å². The predicted octanol–water partition coefficient (Wildman–Crippen LogP) is 3.24. The lowest BCUT2D eigenvalue weighted by Crippen LogP contribution is -2.24. The van der Waals surface area contributed by atoms with Crippen molar-refractivity contribution in [3.05, 3.63) is 27.2 Å². The van der Waals surface area contributed by atoms with E-state index in [0.29, 0.717) is 0 Å². The van der Waals surface area contributed by atoms with Crippen LogP contribution >= 0.6 is 22.7 Å². The minimum Gasteiger partial charge on any atom is -0.387 e. The number of anilines is 1. The molecule has 2 aromatic heterocycles. The largest absolute Gasteiger partial charge is 0.387 e. The lowest BCUT2D eigenvalue weighted by molar-refractivity contribution is 0.102. The van der Waals surface area contributed by atoms with E-state index in [1.165, 1.54) is 0 Å². The first-order valence-electron chi connectivity index (χ1n) is 6.70. The molecule has 0 amide bonds. The summed E-state index contributed by atoms with van der Waals surface area (Å²) in [4.78, 5) is 12.2. The summed E-state index contributed by atoms with van der Waals surface area (Å²) < 4.78 is 0. The molecular formula is C14H19N3OS2. The van der Waals surface area contributed by atoms with Gasteiger partial charge in [0.1, 0.15) is 0 Å². The van der Waals surface area contributed by atoms with Crippen LogP contribution in [0.2, 0.25) is 0 Å². The predicted molar refractivity (Wildman–Crippen MR) is 83.4 cm³/mol. The monoisotopic (exact) mass is 309 g/mol. The van der Waals surface area contributed by atoms with Crippen molar-refractivity contribution in [3.63, 3.8) is 0 Å². The summed E-state index contributed by atoms with van der Waals surface area (Å²) in [6, 6.07) is 0. The number of aromatic nitrogens is 2. The van der Waals surface area contributed by atoms with Crippen molar-refractivity contribution >= 4 is 27.8 Å². The lowest BCUT2D eigenvalue weighted by atomic mass is 9.77. The molecule has 20 heavy (non-hydrogen) atoms. The number of thiazole rings is 2. The van der Waals surface area contributed by atoms with E-state index >= 15 is 0 Å². The van der Waals surface area contributed by atoms with Gasteiger partial charge in [-0.2, -0.15) is 0 Å². The number of rotatable bonds is 3. The third-order valence-corrected chi connectivity index (χ3v) is 5.57. The molecule has 4 nitrogen and oxygen atoms in total. The maximum atomic E-state index is 10.3. The highest BCUT2D eigenvalue weighted by Crippen LogP contribution is 2.44. The van der Waals surface area contributed by atoms with Crippen LogP contribution in [0.1, 0.15) is 42.6 Å². The Hall–Kier alpha value is -0.980. The van der Waals surface area contributed by atoms with E-state index in [1.54, 1.807) is 22.7 Å². The fourth-order valence-corrected chi connectivity index (χ4v) is 4.25. The van der Waals surface area contributed by atoms with Crippen LogP contribution in [0, 0.1) is 5.41 Å². The van der Waals surface area contributed by atoms with Gasteiger partial charge < -0.3 is 10.0 Å². The second-order valence-corrected chi connectivity index (χ2v) is 7.93. The zero-order valence-electron chi connectivity index (χ0n) is 12.0. The molecule has 1 unspecified atom stereocenters. The molecule has 0 aromatic carbocycles. The van der Waals surface area contributed by atoms with Crippen LogP contribution in [-0.2, 0) is 13.0 Å². The maximum absolute atomic E-state index is 10.3. The summed E-state index contributed by atoms with van der Waals surface area (Å²) >= 11 is 3.22. The summed E-state index contributed by atoms with van der Waals surface area (Å²) in [5.41, 5.74) is 4.11. The van der Waals surface area contributed by atoms with Crippen molar-refractivity contribution < 1.29 is 5.11 Å². The number of hydrogen-bond donors (Lipinski definition) is 1. The fraction of sp³-hybridized carbons (Fsp3) is 0.571. The van der Waals surface area contributed by atoms with Gasteiger partial charge >= 0.3 is 0 Å². The van der Waals surface area contributed by atoms with E-state index in [9.17, 15) is 5.11 Å². The van der Waals surface area contributed by atoms with Crippen molar-refractivity contribution in [2.24, 2.45) is 5.41 Å². The van der Waals surface area contributed by atoms with Crippen LogP contribution in [0.3, 0.4) is 0 Å². The van der Waals surface area contributed by atoms with E-state index in [4.69, 9.17) is 4.98 Å². The minimum atomic E-state index is -0.368. The number of aliphatic hydroxyl groups excluding tert-OH is 1. The molecule has 1 N–H and O–H groups in total. The number of hydrogen-bond acceptors (Lipinski definition) is 6. The molecule has 0 radical (unpaired) electrons. The van der Waals surface area contributed by atoms with Crippen molar-refractivity contribution in [1.82, 2.24) is 9.97 Å². The molecule has 0 spiro atoms. The average molecular weight is 309 g/mol. The Kier molecular flexibility index (Phi) is 3.56. The van der Waals surface area contributed by atoms with Crippen molar-refractivity contribution in [3.8, 4) is 0 Å². The van der Waals surface area contributed by atoms with Crippen LogP contribution in [0.15, 0.2) is 10.9 Å². The molecule has 0 saturated heterocycles. The van der Waals surface area contributed by atoms with Crippen molar-refractivity contribution in [1.29, 1.82) is 0 Å². The Morgan fingerprint density at radius 1 is 1.50 bits per heavy atom. The van der Waals surface area contributed by atoms with Gasteiger partial charge in [0.05, 0.1) is 34.4 Å². The zero-order chi connectivity index (χ0) is 14.3. The van der Waals surface area contributed by atoms with Gasteiger partial charge in [0, 0.05) is 12.4 Å². The SMILES string of the molecule is CN(Cc1cscn1)c1nc2c(s1)C(O)CC(C)(C)C2. The highest BCUT2D eigenvalue weighted by Gasteiger charge is 2.34. The fourth-order valence-electron chi connectivity index (χ4n) is 2.67. The molecule has 1 aliphatic rings. The van der Waals surface area contributed by atoms with Gasteiger partial charge in [-0.1, -0.05) is 25.2 Å². The smallest absolute Gasteiger partial charge is 0.185 e. The van der Waals surface area contributed by atoms with Gasteiger partial charge in [-0.3, -0.25) is 0 Å². The normalized spacial score (nSPS) is 20.7. The molecular weight excluding hydrogens is 290 g/mol. The molecule has 2 heterocycles. The van der Waals surface area contributed by atoms with Gasteiger partial charge in [-0.05, 0) is 18.3 Å². The highest BCUT2D eigenvalue weighted by molar-refractivity contribution is 7.15. The van der Waals surface area contributed by atoms with Crippen LogP contribution < -0.4 is 4.90 Å². The molecule has 0 aliphatic heterocycles. The average Bonchev–Trinajstić information content (AvgIpc) is 2.96. The topological polar surface area (TPSA) is 49.2 Å². The molecule has 108 valence electrons. The second-order valence-electron chi connectivity index (χ2n) is 6.20. The van der Waals surface area contributed by atoms with Crippen LogP contribution in [-0.4, -0.2) is 22.1 Å². The number of nitrogens with zero attached hydrogens (tertiary/aromatic N) is 3. The molecule has 6 heteroatoms. The quantitative estimate of drug-likeness (QED) is 0.945. The Morgan fingerprint density at radius 2 is 2.30 bits per heavy atom. The van der Waals surface area contributed by atoms with Crippen LogP contribution in [0.25, 0.3) is 0 Å². The summed E-state index contributed by atoms with van der Waals surface area (Å²) in [6.45, 7) is 5.14. The zero-order valence-corrected chi connectivity index (χ0v) is 13.6. The summed E-state index contributed by atoms with van der Waals surface area (Å²) in [7, 11) is 2.03. The molecule has 1 aliphatic carbocycles. The van der Waals surface area contributed by atoms with Crippen LogP contribution in [0.4, 0.5) is 5.13 Å². The molecule has 3 rings (SSSR count). The minimum absolute atomic E-state index is 0.130. The first kappa shape index (κ1) is 14.0. The van der Waals surface area contributed by atoms with Gasteiger partial charge in [-0.15, -0.1) is 11.3 Å². The summed E-state index contributed by atoms with van der Waals surface area (Å²) in [6.07, 6.45) is 1.39. The standard InChI is InChI=1S/C14H19N3OS2/c1-14(2)4-10-12(11(18)5-14)20-13(16-10)17(3)6-9-7-19-8-15-9/h7-8,11,18H,4-6H2,1-3H3. The maximum Gasteiger partial charge on any atom is 0.185 e. The molecule has 0 saturated carbocycles. The second kappa shape index (κ2) is 5.09. The summed E-state index contributed by atoms with van der Waals surface area (Å²) in [5.74, 6) is 0. The Bertz CT molecular complexity index is 592. The van der Waals surface area contributed by atoms with Gasteiger partial charge in [0.25, 0.3) is 0 Å². The highest BCUT2D eigenvalue weighted by atomic mass is 32.1. The third kappa shape index (κ3) is 2.73. The third-order valence-electron chi connectivity index (χ3n) is 3.62. The Labute approximate surface area is 127 Å². The number of aliphatic hydroxyl groups is 1. The first-order valence-corrected chi connectivity index (χ1v) is 8.46. The lowest BCUT2D eigenvalue weighted by Gasteiger charge is -2.31. The first-order chi connectivity index (χ1) is 9.44.